The molecule has 0 unspecified atom stereocenters. The molecule has 0 radical (unpaired) electrons. The number of amides is 1. The second-order valence-electron chi connectivity index (χ2n) is 5.14. The molecule has 0 aliphatic heterocycles. The molecule has 2 N–H and O–H groups in total. The average molecular weight is 345 g/mol. The molecule has 1 aromatic carbocycles. The summed E-state index contributed by atoms with van der Waals surface area (Å²) in [6.45, 7) is 2.81. The molecule has 1 amide bonds. The van der Waals surface area contributed by atoms with Gasteiger partial charge < -0.3 is 19.5 Å². The van der Waals surface area contributed by atoms with Gasteiger partial charge in [0.25, 0.3) is 0 Å². The van der Waals surface area contributed by atoms with Crippen molar-refractivity contribution in [1.82, 2.24) is 4.98 Å². The van der Waals surface area contributed by atoms with Crippen molar-refractivity contribution in [2.75, 3.05) is 38.0 Å². The van der Waals surface area contributed by atoms with Crippen molar-refractivity contribution in [2.45, 2.75) is 13.3 Å². The maximum Gasteiger partial charge on any atom is 0.412 e. The maximum atomic E-state index is 11.3. The molecular formula is C18H23N3O4. The van der Waals surface area contributed by atoms with Crippen LogP contribution in [0.5, 0.6) is 11.5 Å². The highest BCUT2D eigenvalue weighted by Crippen LogP contribution is 2.27. The summed E-state index contributed by atoms with van der Waals surface area (Å²) in [7, 11) is 3.24. The Morgan fingerprint density at radius 2 is 1.92 bits per heavy atom. The molecule has 0 fully saturated rings. The predicted molar refractivity (Wildman–Crippen MR) is 96.6 cm³/mol. The zero-order valence-electron chi connectivity index (χ0n) is 14.7. The molecule has 0 aliphatic rings. The van der Waals surface area contributed by atoms with Gasteiger partial charge in [0.15, 0.2) is 11.5 Å². The zero-order valence-corrected chi connectivity index (χ0v) is 14.7. The van der Waals surface area contributed by atoms with Crippen molar-refractivity contribution >= 4 is 17.6 Å². The van der Waals surface area contributed by atoms with Crippen molar-refractivity contribution in [2.24, 2.45) is 0 Å². The van der Waals surface area contributed by atoms with E-state index >= 15 is 0 Å². The van der Waals surface area contributed by atoms with E-state index in [1.54, 1.807) is 33.4 Å². The van der Waals surface area contributed by atoms with Gasteiger partial charge in [-0.1, -0.05) is 6.07 Å². The monoisotopic (exact) mass is 345 g/mol. The van der Waals surface area contributed by atoms with Gasteiger partial charge in [-0.3, -0.25) is 5.32 Å². The smallest absolute Gasteiger partial charge is 0.412 e. The molecule has 2 aromatic rings. The molecule has 0 aliphatic carbocycles. The summed E-state index contributed by atoms with van der Waals surface area (Å²) < 4.78 is 15.3. The molecule has 1 heterocycles. The lowest BCUT2D eigenvalue weighted by Crippen LogP contribution is -2.14. The van der Waals surface area contributed by atoms with Crippen LogP contribution in [0.2, 0.25) is 0 Å². The van der Waals surface area contributed by atoms with Crippen molar-refractivity contribution in [3.05, 3.63) is 42.1 Å². The van der Waals surface area contributed by atoms with Gasteiger partial charge in [-0.15, -0.1) is 0 Å². The fraction of sp³-hybridized carbons (Fsp3) is 0.333. The number of aromatic nitrogens is 1. The van der Waals surface area contributed by atoms with Crippen LogP contribution in [0.25, 0.3) is 0 Å². The maximum absolute atomic E-state index is 11.3. The summed E-state index contributed by atoms with van der Waals surface area (Å²) in [6.07, 6.45) is 1.98. The van der Waals surface area contributed by atoms with Crippen LogP contribution in [-0.2, 0) is 11.2 Å². The Kier molecular flexibility index (Phi) is 6.88. The van der Waals surface area contributed by atoms with E-state index in [4.69, 9.17) is 14.2 Å². The molecule has 134 valence electrons. The van der Waals surface area contributed by atoms with Crippen LogP contribution in [0.1, 0.15) is 12.5 Å². The second-order valence-corrected chi connectivity index (χ2v) is 5.14. The van der Waals surface area contributed by atoms with Crippen LogP contribution in [0, 0.1) is 0 Å². The van der Waals surface area contributed by atoms with Gasteiger partial charge in [0.1, 0.15) is 5.82 Å². The molecule has 7 nitrogen and oxygen atoms in total. The first-order valence-electron chi connectivity index (χ1n) is 8.01. The molecular weight excluding hydrogens is 322 g/mol. The van der Waals surface area contributed by atoms with Crippen LogP contribution in [0.3, 0.4) is 0 Å². The molecule has 7 heteroatoms. The standard InChI is InChI=1S/C18H23N3O4/c1-4-25-18(22)21-17-8-6-14(12-20-17)19-10-9-13-5-7-15(23-2)16(11-13)24-3/h5-8,11-12,19H,4,9-10H2,1-3H3,(H,20,21,22). The molecule has 0 bridgehead atoms. The summed E-state index contributed by atoms with van der Waals surface area (Å²) in [5.74, 6) is 1.88. The van der Waals surface area contributed by atoms with Crippen LogP contribution < -0.4 is 20.1 Å². The fourth-order valence-electron chi connectivity index (χ4n) is 2.23. The number of nitrogens with zero attached hydrogens (tertiary/aromatic N) is 1. The van der Waals surface area contributed by atoms with Gasteiger partial charge in [0, 0.05) is 6.54 Å². The number of pyridine rings is 1. The summed E-state index contributed by atoms with van der Waals surface area (Å²) in [5.41, 5.74) is 2.01. The molecule has 1 aromatic heterocycles. The third-order valence-corrected chi connectivity index (χ3v) is 3.46. The number of carbonyl (C=O) groups excluding carboxylic acids is 1. The Hall–Kier alpha value is -2.96. The largest absolute Gasteiger partial charge is 0.493 e. The van der Waals surface area contributed by atoms with Gasteiger partial charge in [-0.05, 0) is 43.2 Å². The van der Waals surface area contributed by atoms with Gasteiger partial charge in [-0.2, -0.15) is 0 Å². The molecule has 0 saturated carbocycles. The first kappa shape index (κ1) is 18.4. The van der Waals surface area contributed by atoms with E-state index in [1.807, 2.05) is 24.3 Å². The molecule has 0 atom stereocenters. The van der Waals surface area contributed by atoms with E-state index in [0.29, 0.717) is 18.2 Å². The minimum atomic E-state index is -0.510. The number of rotatable bonds is 8. The lowest BCUT2D eigenvalue weighted by molar-refractivity contribution is 0.168. The predicted octanol–water partition coefficient (Wildman–Crippen LogP) is 3.32. The third-order valence-electron chi connectivity index (χ3n) is 3.46. The zero-order chi connectivity index (χ0) is 18.1. The number of anilines is 2. The molecule has 2 rings (SSSR count). The molecule has 0 saturated heterocycles. The topological polar surface area (TPSA) is 81.7 Å². The summed E-state index contributed by atoms with van der Waals surface area (Å²) >= 11 is 0. The first-order chi connectivity index (χ1) is 12.2. The van der Waals surface area contributed by atoms with Crippen molar-refractivity contribution in [3.63, 3.8) is 0 Å². The normalized spacial score (nSPS) is 10.0. The van der Waals surface area contributed by atoms with Gasteiger partial charge >= 0.3 is 6.09 Å². The number of hydrogen-bond donors (Lipinski definition) is 2. The number of nitrogens with one attached hydrogen (secondary N) is 2. The van der Waals surface area contributed by atoms with Crippen molar-refractivity contribution < 1.29 is 19.0 Å². The highest BCUT2D eigenvalue weighted by atomic mass is 16.5. The summed E-state index contributed by atoms with van der Waals surface area (Å²) in [5, 5.41) is 5.84. The number of benzene rings is 1. The molecule has 25 heavy (non-hydrogen) atoms. The van der Waals surface area contributed by atoms with E-state index in [2.05, 4.69) is 15.6 Å². The summed E-state index contributed by atoms with van der Waals surface area (Å²) in [6, 6.07) is 9.43. The Balaban J connectivity index is 1.84. The van der Waals surface area contributed by atoms with E-state index < -0.39 is 6.09 Å². The first-order valence-corrected chi connectivity index (χ1v) is 8.01. The minimum absolute atomic E-state index is 0.321. The second kappa shape index (κ2) is 9.36. The number of hydrogen-bond acceptors (Lipinski definition) is 6. The number of carbonyl (C=O) groups is 1. The van der Waals surface area contributed by atoms with Crippen LogP contribution in [0.15, 0.2) is 36.5 Å². The lowest BCUT2D eigenvalue weighted by atomic mass is 10.1. The van der Waals surface area contributed by atoms with Gasteiger partial charge in [0.05, 0.1) is 32.7 Å². The number of methoxy groups -OCH3 is 2. The van der Waals surface area contributed by atoms with Crippen LogP contribution in [0.4, 0.5) is 16.3 Å². The lowest BCUT2D eigenvalue weighted by Gasteiger charge is -2.11. The Morgan fingerprint density at radius 1 is 1.12 bits per heavy atom. The Morgan fingerprint density at radius 3 is 2.56 bits per heavy atom. The Bertz CT molecular complexity index is 689. The fourth-order valence-corrected chi connectivity index (χ4v) is 2.23. The van der Waals surface area contributed by atoms with E-state index in [-0.39, 0.29) is 0 Å². The quantitative estimate of drug-likeness (QED) is 0.764. The van der Waals surface area contributed by atoms with E-state index in [1.165, 1.54) is 0 Å². The SMILES string of the molecule is CCOC(=O)Nc1ccc(NCCc2ccc(OC)c(OC)c2)cn1. The average Bonchev–Trinajstić information content (AvgIpc) is 2.63. The summed E-state index contributed by atoms with van der Waals surface area (Å²) in [4.78, 5) is 15.5. The van der Waals surface area contributed by atoms with Gasteiger partial charge in [0.2, 0.25) is 0 Å². The Labute approximate surface area is 147 Å². The third kappa shape index (κ3) is 5.56. The van der Waals surface area contributed by atoms with E-state index in [0.717, 1.165) is 30.0 Å². The molecule has 0 spiro atoms. The van der Waals surface area contributed by atoms with Crippen LogP contribution >= 0.6 is 0 Å². The highest BCUT2D eigenvalue weighted by Gasteiger charge is 2.05. The highest BCUT2D eigenvalue weighted by molar-refractivity contribution is 5.83. The number of ether oxygens (including phenoxy) is 3. The van der Waals surface area contributed by atoms with E-state index in [9.17, 15) is 4.79 Å². The van der Waals surface area contributed by atoms with Crippen molar-refractivity contribution in [3.8, 4) is 11.5 Å². The van der Waals surface area contributed by atoms with Gasteiger partial charge in [-0.25, -0.2) is 9.78 Å². The van der Waals surface area contributed by atoms with Crippen LogP contribution in [-0.4, -0.2) is 38.4 Å². The minimum Gasteiger partial charge on any atom is -0.493 e. The van der Waals surface area contributed by atoms with Crippen molar-refractivity contribution in [1.29, 1.82) is 0 Å².